The number of benzene rings is 1. The van der Waals surface area contributed by atoms with Gasteiger partial charge in [-0.2, -0.15) is 0 Å². The van der Waals surface area contributed by atoms with Gasteiger partial charge >= 0.3 is 0 Å². The maximum Gasteiger partial charge on any atom is 0.139 e. The van der Waals surface area contributed by atoms with E-state index >= 15 is 0 Å². The van der Waals surface area contributed by atoms with Crippen molar-refractivity contribution in [2.24, 2.45) is 0 Å². The average molecular weight is 316 g/mol. The Kier molecular flexibility index (Phi) is 3.63. The number of nitrogens with zero attached hydrogens (tertiary/aromatic N) is 1. The number of nitrogen functional groups attached to an aromatic ring is 1. The highest BCUT2D eigenvalue weighted by atomic mass is 79.9. The molecule has 1 aromatic heterocycles. The Morgan fingerprint density at radius 2 is 2.29 bits per heavy atom. The van der Waals surface area contributed by atoms with Crippen LogP contribution in [-0.2, 0) is 6.54 Å². The first kappa shape index (κ1) is 12.3. The van der Waals surface area contributed by atoms with Crippen molar-refractivity contribution in [2.75, 3.05) is 11.1 Å². The smallest absolute Gasteiger partial charge is 0.139 e. The summed E-state index contributed by atoms with van der Waals surface area (Å²) in [6.45, 7) is 2.53. The van der Waals surface area contributed by atoms with E-state index in [2.05, 4.69) is 26.2 Å². The fourth-order valence-electron chi connectivity index (χ4n) is 1.37. The molecule has 0 spiro atoms. The lowest BCUT2D eigenvalue weighted by Crippen LogP contribution is -2.03. The summed E-state index contributed by atoms with van der Waals surface area (Å²) < 4.78 is 13.6. The monoisotopic (exact) mass is 315 g/mol. The van der Waals surface area contributed by atoms with E-state index in [1.54, 1.807) is 17.4 Å². The normalized spacial score (nSPS) is 10.5. The molecule has 17 heavy (non-hydrogen) atoms. The van der Waals surface area contributed by atoms with Crippen molar-refractivity contribution in [3.8, 4) is 0 Å². The number of rotatable bonds is 3. The van der Waals surface area contributed by atoms with Gasteiger partial charge in [0.1, 0.15) is 10.8 Å². The summed E-state index contributed by atoms with van der Waals surface area (Å²) in [6.07, 6.45) is 0. The Hall–Kier alpha value is -1.14. The molecule has 0 saturated carbocycles. The van der Waals surface area contributed by atoms with Crippen molar-refractivity contribution in [3.05, 3.63) is 38.5 Å². The number of nitrogens with one attached hydrogen (secondary N) is 1. The van der Waals surface area contributed by atoms with E-state index in [4.69, 9.17) is 5.73 Å². The predicted octanol–water partition coefficient (Wildman–Crippen LogP) is 3.55. The summed E-state index contributed by atoms with van der Waals surface area (Å²) in [7, 11) is 0. The summed E-state index contributed by atoms with van der Waals surface area (Å²) >= 11 is 4.71. The first-order valence-electron chi connectivity index (χ1n) is 4.95. The lowest BCUT2D eigenvalue weighted by atomic mass is 10.2. The van der Waals surface area contributed by atoms with E-state index in [0.29, 0.717) is 22.4 Å². The van der Waals surface area contributed by atoms with Crippen LogP contribution in [0.5, 0.6) is 0 Å². The molecule has 0 aliphatic rings. The molecule has 0 atom stereocenters. The third-order valence-electron chi connectivity index (χ3n) is 2.19. The Balaban J connectivity index is 2.11. The summed E-state index contributed by atoms with van der Waals surface area (Å²) in [4.78, 5) is 4.32. The Labute approximate surface area is 111 Å². The highest BCUT2D eigenvalue weighted by molar-refractivity contribution is 9.10. The molecule has 0 aliphatic carbocycles. The fourth-order valence-corrected chi connectivity index (χ4v) is 2.42. The zero-order chi connectivity index (χ0) is 12.4. The average Bonchev–Trinajstić information content (AvgIpc) is 2.68. The number of hydrogen-bond acceptors (Lipinski definition) is 4. The second kappa shape index (κ2) is 5.01. The van der Waals surface area contributed by atoms with Crippen molar-refractivity contribution in [1.29, 1.82) is 0 Å². The molecule has 2 aromatic rings. The van der Waals surface area contributed by atoms with E-state index in [-0.39, 0.29) is 5.82 Å². The second-order valence-corrected chi connectivity index (χ2v) is 5.39. The number of aryl methyl sites for hydroxylation is 1. The van der Waals surface area contributed by atoms with Gasteiger partial charge in [0.05, 0.1) is 22.4 Å². The van der Waals surface area contributed by atoms with E-state index in [1.165, 1.54) is 6.07 Å². The molecule has 2 rings (SSSR count). The van der Waals surface area contributed by atoms with Crippen LogP contribution in [0.3, 0.4) is 0 Å². The van der Waals surface area contributed by atoms with E-state index in [9.17, 15) is 4.39 Å². The van der Waals surface area contributed by atoms with Crippen molar-refractivity contribution in [1.82, 2.24) is 4.98 Å². The van der Waals surface area contributed by atoms with Crippen LogP contribution < -0.4 is 11.1 Å². The maximum atomic E-state index is 13.2. The number of nitrogens with two attached hydrogens (primary N) is 1. The zero-order valence-corrected chi connectivity index (χ0v) is 11.5. The standard InChI is InChI=1S/C11H11BrFN3S/c1-6-5-17-11(16-6)4-15-10-2-7(12)8(13)3-9(10)14/h2-3,5,15H,4,14H2,1H3. The van der Waals surface area contributed by atoms with Gasteiger partial charge in [0, 0.05) is 17.1 Å². The minimum absolute atomic E-state index is 0.363. The molecule has 0 amide bonds. The molecule has 1 heterocycles. The first-order valence-corrected chi connectivity index (χ1v) is 6.63. The second-order valence-electron chi connectivity index (χ2n) is 3.59. The van der Waals surface area contributed by atoms with Crippen LogP contribution >= 0.6 is 27.3 Å². The molecule has 6 heteroatoms. The predicted molar refractivity (Wildman–Crippen MR) is 72.7 cm³/mol. The summed E-state index contributed by atoms with van der Waals surface area (Å²) in [5.74, 6) is -0.363. The molecule has 0 unspecified atom stereocenters. The van der Waals surface area contributed by atoms with Crippen LogP contribution in [0.15, 0.2) is 22.0 Å². The van der Waals surface area contributed by atoms with Crippen LogP contribution in [0, 0.1) is 12.7 Å². The Morgan fingerprint density at radius 3 is 2.94 bits per heavy atom. The zero-order valence-electron chi connectivity index (χ0n) is 9.13. The maximum absolute atomic E-state index is 13.2. The van der Waals surface area contributed by atoms with Crippen LogP contribution in [0.2, 0.25) is 0 Å². The third-order valence-corrected chi connectivity index (χ3v) is 3.76. The van der Waals surface area contributed by atoms with Gasteiger partial charge in [0.25, 0.3) is 0 Å². The van der Waals surface area contributed by atoms with Crippen molar-refractivity contribution < 1.29 is 4.39 Å². The Morgan fingerprint density at radius 1 is 1.53 bits per heavy atom. The SMILES string of the molecule is Cc1csc(CNc2cc(Br)c(F)cc2N)n1. The summed E-state index contributed by atoms with van der Waals surface area (Å²) in [5, 5.41) is 6.10. The molecule has 0 saturated heterocycles. The topological polar surface area (TPSA) is 50.9 Å². The minimum Gasteiger partial charge on any atom is -0.397 e. The fraction of sp³-hybridized carbons (Fsp3) is 0.182. The molecule has 90 valence electrons. The number of thiazole rings is 1. The largest absolute Gasteiger partial charge is 0.397 e. The van der Waals surface area contributed by atoms with Gasteiger partial charge in [-0.05, 0) is 28.9 Å². The number of halogens is 2. The third kappa shape index (κ3) is 2.95. The van der Waals surface area contributed by atoms with Gasteiger partial charge < -0.3 is 11.1 Å². The van der Waals surface area contributed by atoms with Crippen LogP contribution in [0.1, 0.15) is 10.7 Å². The van der Waals surface area contributed by atoms with Gasteiger partial charge in [-0.1, -0.05) is 0 Å². The van der Waals surface area contributed by atoms with Gasteiger partial charge in [0.2, 0.25) is 0 Å². The quantitative estimate of drug-likeness (QED) is 0.852. The molecular weight excluding hydrogens is 305 g/mol. The van der Waals surface area contributed by atoms with E-state index in [1.807, 2.05) is 12.3 Å². The minimum atomic E-state index is -0.363. The molecular formula is C11H11BrFN3S. The van der Waals surface area contributed by atoms with E-state index in [0.717, 1.165) is 10.7 Å². The highest BCUT2D eigenvalue weighted by Crippen LogP contribution is 2.27. The highest BCUT2D eigenvalue weighted by Gasteiger charge is 2.06. The van der Waals surface area contributed by atoms with Gasteiger partial charge in [-0.25, -0.2) is 9.37 Å². The molecule has 3 N–H and O–H groups in total. The summed E-state index contributed by atoms with van der Waals surface area (Å²) in [6, 6.07) is 2.92. The Bertz CT molecular complexity index is 542. The summed E-state index contributed by atoms with van der Waals surface area (Å²) in [5.41, 5.74) is 7.81. The van der Waals surface area contributed by atoms with Crippen molar-refractivity contribution in [3.63, 3.8) is 0 Å². The van der Waals surface area contributed by atoms with Crippen molar-refractivity contribution in [2.45, 2.75) is 13.5 Å². The molecule has 1 aromatic carbocycles. The molecule has 0 fully saturated rings. The lowest BCUT2D eigenvalue weighted by Gasteiger charge is -2.08. The van der Waals surface area contributed by atoms with Gasteiger partial charge in [0.15, 0.2) is 0 Å². The first-order chi connectivity index (χ1) is 8.06. The van der Waals surface area contributed by atoms with E-state index < -0.39 is 0 Å². The molecule has 3 nitrogen and oxygen atoms in total. The van der Waals surface area contributed by atoms with Crippen LogP contribution in [-0.4, -0.2) is 4.98 Å². The van der Waals surface area contributed by atoms with Gasteiger partial charge in [-0.15, -0.1) is 11.3 Å². The van der Waals surface area contributed by atoms with Crippen LogP contribution in [0.25, 0.3) is 0 Å². The molecule has 0 radical (unpaired) electrons. The van der Waals surface area contributed by atoms with Gasteiger partial charge in [-0.3, -0.25) is 0 Å². The molecule has 0 bridgehead atoms. The number of aromatic nitrogens is 1. The number of hydrogen-bond donors (Lipinski definition) is 2. The molecule has 0 aliphatic heterocycles. The number of anilines is 2. The lowest BCUT2D eigenvalue weighted by molar-refractivity contribution is 0.622. The van der Waals surface area contributed by atoms with Crippen molar-refractivity contribution >= 4 is 38.6 Å². The van der Waals surface area contributed by atoms with Crippen LogP contribution in [0.4, 0.5) is 15.8 Å².